The SMILES string of the molecule is CC(C)(c1ccccc1)C1CCCc2ccccc21. The van der Waals surface area contributed by atoms with Crippen LogP contribution < -0.4 is 0 Å². The van der Waals surface area contributed by atoms with Gasteiger partial charge in [-0.2, -0.15) is 0 Å². The standard InChI is InChI=1S/C19H22/c1-19(2,16-11-4-3-5-12-16)18-14-8-10-15-9-6-7-13-17(15)18/h3-7,9,11-13,18H,8,10,14H2,1-2H3. The average Bonchev–Trinajstić information content (AvgIpc) is 2.47. The molecule has 0 N–H and O–H groups in total. The minimum atomic E-state index is 0.206. The predicted octanol–water partition coefficient (Wildman–Crippen LogP) is 5.08. The molecule has 0 aromatic heterocycles. The van der Waals surface area contributed by atoms with E-state index in [2.05, 4.69) is 68.4 Å². The van der Waals surface area contributed by atoms with E-state index in [0.717, 1.165) is 0 Å². The Morgan fingerprint density at radius 2 is 1.58 bits per heavy atom. The summed E-state index contributed by atoms with van der Waals surface area (Å²) in [5, 5.41) is 0. The lowest BCUT2D eigenvalue weighted by Crippen LogP contribution is -2.29. The van der Waals surface area contributed by atoms with E-state index in [9.17, 15) is 0 Å². The zero-order valence-corrected chi connectivity index (χ0v) is 11.9. The second kappa shape index (κ2) is 4.85. The third-order valence-corrected chi connectivity index (χ3v) is 4.76. The highest BCUT2D eigenvalue weighted by molar-refractivity contribution is 5.38. The molecule has 0 spiro atoms. The van der Waals surface area contributed by atoms with Gasteiger partial charge < -0.3 is 0 Å². The Morgan fingerprint density at radius 1 is 0.895 bits per heavy atom. The molecule has 0 heterocycles. The number of fused-ring (bicyclic) bond motifs is 1. The molecule has 0 radical (unpaired) electrons. The maximum absolute atomic E-state index is 2.40. The van der Waals surface area contributed by atoms with E-state index in [4.69, 9.17) is 0 Å². The minimum Gasteiger partial charge on any atom is -0.0622 e. The molecule has 0 aliphatic heterocycles. The first-order chi connectivity index (χ1) is 9.19. The molecule has 1 unspecified atom stereocenters. The van der Waals surface area contributed by atoms with Crippen molar-refractivity contribution in [1.82, 2.24) is 0 Å². The Balaban J connectivity index is 2.03. The molecule has 98 valence electrons. The molecule has 1 atom stereocenters. The molecule has 2 aromatic carbocycles. The highest BCUT2D eigenvalue weighted by Gasteiger charge is 2.34. The van der Waals surface area contributed by atoms with Crippen LogP contribution in [0.25, 0.3) is 0 Å². The van der Waals surface area contributed by atoms with Gasteiger partial charge in [0.05, 0.1) is 0 Å². The van der Waals surface area contributed by atoms with Gasteiger partial charge in [0, 0.05) is 0 Å². The van der Waals surface area contributed by atoms with Gasteiger partial charge in [0.25, 0.3) is 0 Å². The van der Waals surface area contributed by atoms with Crippen LogP contribution in [0.4, 0.5) is 0 Å². The van der Waals surface area contributed by atoms with E-state index in [1.807, 2.05) is 0 Å². The van der Waals surface area contributed by atoms with Crippen molar-refractivity contribution in [2.45, 2.75) is 44.4 Å². The fraction of sp³-hybridized carbons (Fsp3) is 0.368. The number of hydrogen-bond acceptors (Lipinski definition) is 0. The van der Waals surface area contributed by atoms with Crippen molar-refractivity contribution in [2.24, 2.45) is 0 Å². The van der Waals surface area contributed by atoms with Crippen LogP contribution in [0.15, 0.2) is 54.6 Å². The lowest BCUT2D eigenvalue weighted by molar-refractivity contribution is 0.367. The maximum atomic E-state index is 2.40. The number of rotatable bonds is 2. The van der Waals surface area contributed by atoms with Gasteiger partial charge in [-0.25, -0.2) is 0 Å². The van der Waals surface area contributed by atoms with Crippen LogP contribution >= 0.6 is 0 Å². The number of benzene rings is 2. The molecular weight excluding hydrogens is 228 g/mol. The quantitative estimate of drug-likeness (QED) is 0.697. The van der Waals surface area contributed by atoms with Gasteiger partial charge >= 0.3 is 0 Å². The van der Waals surface area contributed by atoms with Gasteiger partial charge in [-0.3, -0.25) is 0 Å². The van der Waals surface area contributed by atoms with Crippen LogP contribution in [-0.4, -0.2) is 0 Å². The molecule has 1 aliphatic rings. The zero-order chi connectivity index (χ0) is 13.3. The Hall–Kier alpha value is -1.56. The third-order valence-electron chi connectivity index (χ3n) is 4.76. The first kappa shape index (κ1) is 12.5. The molecule has 0 amide bonds. The van der Waals surface area contributed by atoms with E-state index in [-0.39, 0.29) is 5.41 Å². The first-order valence-corrected chi connectivity index (χ1v) is 7.33. The maximum Gasteiger partial charge on any atom is -0.00348 e. The smallest absolute Gasteiger partial charge is 0.00348 e. The predicted molar refractivity (Wildman–Crippen MR) is 81.6 cm³/mol. The fourth-order valence-corrected chi connectivity index (χ4v) is 3.57. The van der Waals surface area contributed by atoms with Crippen LogP contribution in [0.1, 0.15) is 49.3 Å². The second-order valence-electron chi connectivity index (χ2n) is 6.23. The average molecular weight is 250 g/mol. The lowest BCUT2D eigenvalue weighted by Gasteiger charge is -2.39. The second-order valence-corrected chi connectivity index (χ2v) is 6.23. The van der Waals surface area contributed by atoms with Crippen molar-refractivity contribution in [2.75, 3.05) is 0 Å². The minimum absolute atomic E-state index is 0.206. The molecule has 3 rings (SSSR count). The van der Waals surface area contributed by atoms with E-state index >= 15 is 0 Å². The van der Waals surface area contributed by atoms with Gasteiger partial charge in [0.15, 0.2) is 0 Å². The van der Waals surface area contributed by atoms with Crippen molar-refractivity contribution in [3.8, 4) is 0 Å². The topological polar surface area (TPSA) is 0 Å². The van der Waals surface area contributed by atoms with Gasteiger partial charge in [0.1, 0.15) is 0 Å². The van der Waals surface area contributed by atoms with Gasteiger partial charge in [-0.1, -0.05) is 68.4 Å². The van der Waals surface area contributed by atoms with Crippen LogP contribution in [0, 0.1) is 0 Å². The van der Waals surface area contributed by atoms with Crippen molar-refractivity contribution < 1.29 is 0 Å². The summed E-state index contributed by atoms with van der Waals surface area (Å²) in [5.74, 6) is 0.639. The van der Waals surface area contributed by atoms with Crippen LogP contribution in [-0.2, 0) is 11.8 Å². The first-order valence-electron chi connectivity index (χ1n) is 7.33. The largest absolute Gasteiger partial charge is 0.0622 e. The van der Waals surface area contributed by atoms with Gasteiger partial charge in [-0.15, -0.1) is 0 Å². The summed E-state index contributed by atoms with van der Waals surface area (Å²) >= 11 is 0. The van der Waals surface area contributed by atoms with Crippen molar-refractivity contribution >= 4 is 0 Å². The molecule has 0 bridgehead atoms. The van der Waals surface area contributed by atoms with Crippen LogP contribution in [0.2, 0.25) is 0 Å². The summed E-state index contributed by atoms with van der Waals surface area (Å²) < 4.78 is 0. The molecule has 0 fully saturated rings. The van der Waals surface area contributed by atoms with E-state index in [1.54, 1.807) is 11.1 Å². The molecule has 19 heavy (non-hydrogen) atoms. The highest BCUT2D eigenvalue weighted by Crippen LogP contribution is 2.45. The Labute approximate surface area is 116 Å². The summed E-state index contributed by atoms with van der Waals surface area (Å²) in [6, 6.07) is 20.0. The fourth-order valence-electron chi connectivity index (χ4n) is 3.57. The normalized spacial score (nSPS) is 18.9. The van der Waals surface area contributed by atoms with Crippen molar-refractivity contribution in [1.29, 1.82) is 0 Å². The van der Waals surface area contributed by atoms with Crippen molar-refractivity contribution in [3.63, 3.8) is 0 Å². The van der Waals surface area contributed by atoms with E-state index in [0.29, 0.717) is 5.92 Å². The lowest BCUT2D eigenvalue weighted by atomic mass is 9.65. The monoisotopic (exact) mass is 250 g/mol. The summed E-state index contributed by atoms with van der Waals surface area (Å²) in [4.78, 5) is 0. The highest BCUT2D eigenvalue weighted by atomic mass is 14.4. The Bertz CT molecular complexity index is 551. The number of hydrogen-bond donors (Lipinski definition) is 0. The third kappa shape index (κ3) is 2.20. The van der Waals surface area contributed by atoms with E-state index < -0.39 is 0 Å². The van der Waals surface area contributed by atoms with Crippen LogP contribution in [0.5, 0.6) is 0 Å². The number of aryl methyl sites for hydroxylation is 1. The Morgan fingerprint density at radius 3 is 2.37 bits per heavy atom. The summed E-state index contributed by atoms with van der Waals surface area (Å²) in [6.45, 7) is 4.80. The van der Waals surface area contributed by atoms with Gasteiger partial charge in [0.2, 0.25) is 0 Å². The summed E-state index contributed by atoms with van der Waals surface area (Å²) in [6.07, 6.45) is 3.87. The zero-order valence-electron chi connectivity index (χ0n) is 11.9. The molecule has 0 saturated carbocycles. The van der Waals surface area contributed by atoms with E-state index in [1.165, 1.54) is 24.8 Å². The molecule has 2 aromatic rings. The molecular formula is C19H22. The molecule has 1 aliphatic carbocycles. The summed E-state index contributed by atoms with van der Waals surface area (Å²) in [7, 11) is 0. The summed E-state index contributed by atoms with van der Waals surface area (Å²) in [5.41, 5.74) is 4.79. The molecule has 0 nitrogen and oxygen atoms in total. The molecule has 0 heteroatoms. The Kier molecular flexibility index (Phi) is 3.18. The van der Waals surface area contributed by atoms with Gasteiger partial charge in [-0.05, 0) is 47.3 Å². The van der Waals surface area contributed by atoms with Crippen molar-refractivity contribution in [3.05, 3.63) is 71.3 Å². The van der Waals surface area contributed by atoms with Crippen LogP contribution in [0.3, 0.4) is 0 Å². The molecule has 0 saturated heterocycles.